The lowest BCUT2D eigenvalue weighted by Gasteiger charge is -2.20. The van der Waals surface area contributed by atoms with Crippen molar-refractivity contribution < 1.29 is 14.3 Å². The van der Waals surface area contributed by atoms with Crippen molar-refractivity contribution >= 4 is 39.5 Å². The monoisotopic (exact) mass is 448 g/mol. The summed E-state index contributed by atoms with van der Waals surface area (Å²) in [5.41, 5.74) is 15.0. The first-order valence-electron chi connectivity index (χ1n) is 10.8. The summed E-state index contributed by atoms with van der Waals surface area (Å²) in [7, 11) is 1.67. The number of urea groups is 1. The van der Waals surface area contributed by atoms with E-state index in [0.717, 1.165) is 27.9 Å². The Bertz CT molecular complexity index is 1240. The molecule has 2 heterocycles. The van der Waals surface area contributed by atoms with E-state index in [1.807, 2.05) is 54.6 Å². The van der Waals surface area contributed by atoms with Crippen molar-refractivity contribution in [3.8, 4) is 0 Å². The molecule has 4 rings (SSSR count). The van der Waals surface area contributed by atoms with Crippen LogP contribution in [0.2, 0.25) is 0 Å². The normalized spacial score (nSPS) is 11.3. The van der Waals surface area contributed by atoms with Crippen LogP contribution in [0.25, 0.3) is 21.9 Å². The van der Waals surface area contributed by atoms with Gasteiger partial charge in [0.1, 0.15) is 11.3 Å². The number of para-hydroxylation sites is 2. The van der Waals surface area contributed by atoms with Crippen LogP contribution < -0.4 is 16.4 Å². The van der Waals surface area contributed by atoms with E-state index < -0.39 is 6.03 Å². The van der Waals surface area contributed by atoms with Gasteiger partial charge >= 0.3 is 6.03 Å². The van der Waals surface area contributed by atoms with Crippen LogP contribution in [0.15, 0.2) is 54.6 Å². The van der Waals surface area contributed by atoms with Gasteiger partial charge in [0.2, 0.25) is 0 Å². The van der Waals surface area contributed by atoms with Gasteiger partial charge in [0.05, 0.1) is 37.4 Å². The van der Waals surface area contributed by atoms with Crippen LogP contribution in [-0.4, -0.2) is 54.0 Å². The molecule has 9 nitrogen and oxygen atoms in total. The molecular weight excluding hydrogens is 420 g/mol. The Morgan fingerprint density at radius 2 is 1.79 bits per heavy atom. The minimum atomic E-state index is -0.512. The van der Waals surface area contributed by atoms with E-state index >= 15 is 0 Å². The lowest BCUT2D eigenvalue weighted by Crippen LogP contribution is -2.38. The van der Waals surface area contributed by atoms with E-state index in [-0.39, 0.29) is 0 Å². The molecule has 0 unspecified atom stereocenters. The number of aromatic nitrogens is 3. The average molecular weight is 449 g/mol. The Balaban J connectivity index is 1.51. The molecule has 0 aliphatic heterocycles. The predicted molar refractivity (Wildman–Crippen MR) is 129 cm³/mol. The van der Waals surface area contributed by atoms with E-state index in [2.05, 4.69) is 9.55 Å². The Hall–Kier alpha value is -3.69. The summed E-state index contributed by atoms with van der Waals surface area (Å²) in [6, 6.07) is 16.7. The summed E-state index contributed by atoms with van der Waals surface area (Å²) in [5.74, 6) is 1.27. The summed E-state index contributed by atoms with van der Waals surface area (Å²) in [6.45, 7) is 2.26. The minimum Gasteiger partial charge on any atom is -0.384 e. The number of rotatable bonds is 10. The maximum atomic E-state index is 11.8. The number of nitrogens with zero attached hydrogens (tertiary/aromatic N) is 4. The maximum absolute atomic E-state index is 11.8. The highest BCUT2D eigenvalue weighted by atomic mass is 16.5. The first kappa shape index (κ1) is 22.5. The van der Waals surface area contributed by atoms with Gasteiger partial charge in [-0.15, -0.1) is 0 Å². The number of methoxy groups -OCH3 is 1. The highest BCUT2D eigenvalue weighted by Crippen LogP contribution is 2.29. The summed E-state index contributed by atoms with van der Waals surface area (Å²) in [5, 5.41) is 0.988. The molecule has 0 fully saturated rings. The van der Waals surface area contributed by atoms with Gasteiger partial charge in [-0.1, -0.05) is 36.4 Å². The molecular formula is C24H28N6O3. The number of hydrogen-bond acceptors (Lipinski definition) is 6. The zero-order valence-electron chi connectivity index (χ0n) is 18.6. The third kappa shape index (κ3) is 4.89. The van der Waals surface area contributed by atoms with Crippen LogP contribution >= 0.6 is 0 Å². The first-order chi connectivity index (χ1) is 16.1. The molecule has 2 amide bonds. The number of nitrogen functional groups attached to an aromatic ring is 1. The standard InChI is InChI=1S/C24H28N6O3/c1-32-14-11-20-28-21-22(18-9-5-6-10-19(18)27-23(21)25)30(20)13-16-33-15-12-29(24(26)31)17-7-3-2-4-8-17/h2-10H,11-16H2,1H3,(H2,25,27)(H2,26,31). The smallest absolute Gasteiger partial charge is 0.319 e. The molecule has 0 spiro atoms. The van der Waals surface area contributed by atoms with Crippen molar-refractivity contribution in [3.05, 3.63) is 60.4 Å². The van der Waals surface area contributed by atoms with Crippen LogP contribution in [0.4, 0.5) is 16.3 Å². The van der Waals surface area contributed by atoms with E-state index in [4.69, 9.17) is 25.9 Å². The molecule has 4 aromatic rings. The van der Waals surface area contributed by atoms with Crippen molar-refractivity contribution in [3.63, 3.8) is 0 Å². The first-order valence-corrected chi connectivity index (χ1v) is 10.8. The molecule has 0 atom stereocenters. The Morgan fingerprint density at radius 1 is 1.03 bits per heavy atom. The van der Waals surface area contributed by atoms with Crippen molar-refractivity contribution in [1.82, 2.24) is 14.5 Å². The SMILES string of the molecule is COCCc1nc2c(N)nc3ccccc3c2n1CCOCCN(C(N)=O)c1ccccc1. The molecule has 33 heavy (non-hydrogen) atoms. The number of ether oxygens (including phenoxy) is 2. The number of benzene rings is 2. The van der Waals surface area contributed by atoms with Crippen LogP contribution in [-0.2, 0) is 22.4 Å². The van der Waals surface area contributed by atoms with E-state index in [9.17, 15) is 4.79 Å². The molecule has 4 N–H and O–H groups in total. The highest BCUT2D eigenvalue weighted by molar-refractivity contribution is 6.06. The summed E-state index contributed by atoms with van der Waals surface area (Å²) < 4.78 is 13.3. The minimum absolute atomic E-state index is 0.350. The van der Waals surface area contributed by atoms with Gasteiger partial charge in [0, 0.05) is 31.1 Å². The van der Waals surface area contributed by atoms with Gasteiger partial charge in [-0.25, -0.2) is 14.8 Å². The van der Waals surface area contributed by atoms with E-state index in [0.29, 0.717) is 50.7 Å². The number of carbonyl (C=O) groups is 1. The molecule has 0 radical (unpaired) electrons. The van der Waals surface area contributed by atoms with Gasteiger partial charge in [-0.2, -0.15) is 0 Å². The number of imidazole rings is 1. The number of nitrogens with two attached hydrogens (primary N) is 2. The van der Waals surface area contributed by atoms with E-state index in [1.165, 1.54) is 4.90 Å². The largest absolute Gasteiger partial charge is 0.384 e. The van der Waals surface area contributed by atoms with Crippen molar-refractivity contribution in [2.45, 2.75) is 13.0 Å². The summed E-state index contributed by atoms with van der Waals surface area (Å²) in [6.07, 6.45) is 0.641. The average Bonchev–Trinajstić information content (AvgIpc) is 3.19. The van der Waals surface area contributed by atoms with Crippen LogP contribution in [0.3, 0.4) is 0 Å². The number of anilines is 2. The molecule has 2 aromatic heterocycles. The zero-order valence-corrected chi connectivity index (χ0v) is 18.6. The summed E-state index contributed by atoms with van der Waals surface area (Å²) in [4.78, 5) is 22.6. The Kier molecular flexibility index (Phi) is 7.01. The number of amides is 2. The number of pyridine rings is 1. The maximum Gasteiger partial charge on any atom is 0.319 e. The lowest BCUT2D eigenvalue weighted by molar-refractivity contribution is 0.132. The van der Waals surface area contributed by atoms with E-state index in [1.54, 1.807) is 7.11 Å². The molecule has 0 saturated heterocycles. The Labute approximate surface area is 191 Å². The quantitative estimate of drug-likeness (QED) is 0.360. The molecule has 172 valence electrons. The number of hydrogen-bond donors (Lipinski definition) is 2. The number of carbonyl (C=O) groups excluding carboxylic acids is 1. The fourth-order valence-corrected chi connectivity index (χ4v) is 3.92. The van der Waals surface area contributed by atoms with Gasteiger partial charge < -0.3 is 25.5 Å². The highest BCUT2D eigenvalue weighted by Gasteiger charge is 2.17. The predicted octanol–water partition coefficient (Wildman–Crippen LogP) is 2.96. The second-order valence-electron chi connectivity index (χ2n) is 7.57. The van der Waals surface area contributed by atoms with Gasteiger partial charge in [-0.3, -0.25) is 4.90 Å². The number of fused-ring (bicyclic) bond motifs is 3. The van der Waals surface area contributed by atoms with Gasteiger partial charge in [0.15, 0.2) is 5.82 Å². The molecule has 0 aliphatic carbocycles. The molecule has 0 bridgehead atoms. The zero-order chi connectivity index (χ0) is 23.2. The van der Waals surface area contributed by atoms with Crippen molar-refractivity contribution in [2.75, 3.05) is 44.1 Å². The fraction of sp³-hybridized carbons (Fsp3) is 0.292. The Morgan fingerprint density at radius 3 is 2.55 bits per heavy atom. The van der Waals surface area contributed by atoms with Gasteiger partial charge in [-0.05, 0) is 18.2 Å². The van der Waals surface area contributed by atoms with Crippen molar-refractivity contribution in [2.24, 2.45) is 5.73 Å². The third-order valence-electron chi connectivity index (χ3n) is 5.47. The third-order valence-corrected chi connectivity index (χ3v) is 5.47. The molecule has 9 heteroatoms. The van der Waals surface area contributed by atoms with Gasteiger partial charge in [0.25, 0.3) is 0 Å². The van der Waals surface area contributed by atoms with Crippen LogP contribution in [0, 0.1) is 0 Å². The molecule has 0 aliphatic rings. The lowest BCUT2D eigenvalue weighted by atomic mass is 10.2. The molecule has 0 saturated carbocycles. The second-order valence-corrected chi connectivity index (χ2v) is 7.57. The summed E-state index contributed by atoms with van der Waals surface area (Å²) >= 11 is 0. The van der Waals surface area contributed by atoms with Crippen LogP contribution in [0.5, 0.6) is 0 Å². The van der Waals surface area contributed by atoms with Crippen molar-refractivity contribution in [1.29, 1.82) is 0 Å². The molecule has 2 aromatic carbocycles. The number of primary amides is 1. The fourth-order valence-electron chi connectivity index (χ4n) is 3.92. The second kappa shape index (κ2) is 10.3. The topological polar surface area (TPSA) is 122 Å². The van der Waals surface area contributed by atoms with Crippen LogP contribution in [0.1, 0.15) is 5.82 Å².